The summed E-state index contributed by atoms with van der Waals surface area (Å²) in [4.78, 5) is 18.5. The third-order valence-corrected chi connectivity index (χ3v) is 5.09. The number of hydrogen-bond acceptors (Lipinski definition) is 3. The number of amides is 1. The van der Waals surface area contributed by atoms with Gasteiger partial charge in [0.15, 0.2) is 5.58 Å². The van der Waals surface area contributed by atoms with E-state index >= 15 is 0 Å². The molecule has 0 saturated carbocycles. The Kier molecular flexibility index (Phi) is 4.61. The van der Waals surface area contributed by atoms with E-state index in [1.807, 2.05) is 6.92 Å². The first-order chi connectivity index (χ1) is 13.4. The summed E-state index contributed by atoms with van der Waals surface area (Å²) in [5.74, 6) is 0.546. The maximum atomic E-state index is 13.0. The lowest BCUT2D eigenvalue weighted by molar-refractivity contribution is -0.137. The van der Waals surface area contributed by atoms with Gasteiger partial charge in [-0.1, -0.05) is 25.1 Å². The minimum atomic E-state index is -4.39. The van der Waals surface area contributed by atoms with Crippen LogP contribution in [0, 0.1) is 0 Å². The van der Waals surface area contributed by atoms with E-state index in [9.17, 15) is 18.0 Å². The zero-order chi connectivity index (χ0) is 19.9. The van der Waals surface area contributed by atoms with E-state index in [0.717, 1.165) is 25.0 Å². The molecule has 1 unspecified atom stereocenters. The lowest BCUT2D eigenvalue weighted by Gasteiger charge is -2.21. The highest BCUT2D eigenvalue weighted by atomic mass is 19.4. The van der Waals surface area contributed by atoms with Gasteiger partial charge in [-0.05, 0) is 48.2 Å². The quantitative estimate of drug-likeness (QED) is 0.588. The fraction of sp³-hybridized carbons (Fsp3) is 0.333. The van der Waals surface area contributed by atoms with Crippen LogP contribution < -0.4 is 0 Å². The van der Waals surface area contributed by atoms with Crippen LogP contribution in [-0.2, 0) is 11.0 Å². The molecular formula is C21H19F3N2O2. The number of alkyl halides is 3. The van der Waals surface area contributed by atoms with Gasteiger partial charge in [0.2, 0.25) is 11.8 Å². The zero-order valence-corrected chi connectivity index (χ0v) is 15.3. The molecule has 1 aliphatic rings. The summed E-state index contributed by atoms with van der Waals surface area (Å²) in [5.41, 5.74) is 1.53. The minimum absolute atomic E-state index is 0.0643. The highest BCUT2D eigenvalue weighted by molar-refractivity contribution is 5.81. The number of nitrogens with zero attached hydrogens (tertiary/aromatic N) is 2. The maximum absolute atomic E-state index is 13.0. The number of carbonyl (C=O) groups is 1. The Balaban J connectivity index is 1.69. The average Bonchev–Trinajstić information content (AvgIpc) is 3.32. The summed E-state index contributed by atoms with van der Waals surface area (Å²) in [6.07, 6.45) is -2.28. The molecule has 4 nitrogen and oxygen atoms in total. The number of aromatic nitrogens is 1. The zero-order valence-electron chi connectivity index (χ0n) is 15.3. The molecule has 0 radical (unpaired) electrons. The molecule has 0 aliphatic carbocycles. The van der Waals surface area contributed by atoms with Crippen LogP contribution in [0.15, 0.2) is 46.9 Å². The smallest absolute Gasteiger partial charge is 0.416 e. The average molecular weight is 388 g/mol. The molecule has 2 aromatic carbocycles. The molecule has 2 heterocycles. The van der Waals surface area contributed by atoms with Crippen molar-refractivity contribution in [1.29, 1.82) is 0 Å². The highest BCUT2D eigenvalue weighted by Gasteiger charge is 2.33. The second-order valence-corrected chi connectivity index (χ2v) is 6.91. The minimum Gasteiger partial charge on any atom is -0.438 e. The summed E-state index contributed by atoms with van der Waals surface area (Å²) in [7, 11) is 0. The molecule has 1 saturated heterocycles. The first kappa shape index (κ1) is 18.5. The fourth-order valence-corrected chi connectivity index (χ4v) is 3.67. The first-order valence-corrected chi connectivity index (χ1v) is 9.24. The van der Waals surface area contributed by atoms with Crippen LogP contribution in [0.2, 0.25) is 0 Å². The predicted molar refractivity (Wildman–Crippen MR) is 98.4 cm³/mol. The maximum Gasteiger partial charge on any atom is 0.416 e. The molecule has 3 aromatic rings. The number of hydrogen-bond donors (Lipinski definition) is 0. The van der Waals surface area contributed by atoms with Crippen molar-refractivity contribution in [2.24, 2.45) is 0 Å². The molecule has 7 heteroatoms. The molecule has 1 fully saturated rings. The summed E-state index contributed by atoms with van der Waals surface area (Å²) >= 11 is 0. The number of fused-ring (bicyclic) bond motifs is 1. The predicted octanol–water partition coefficient (Wildman–Crippen LogP) is 5.59. The molecule has 0 N–H and O–H groups in total. The summed E-state index contributed by atoms with van der Waals surface area (Å²) in [6, 6.07) is 10.2. The Morgan fingerprint density at radius 3 is 2.75 bits per heavy atom. The van der Waals surface area contributed by atoms with E-state index in [4.69, 9.17) is 4.42 Å². The van der Waals surface area contributed by atoms with Gasteiger partial charge >= 0.3 is 6.18 Å². The van der Waals surface area contributed by atoms with Crippen molar-refractivity contribution < 1.29 is 22.4 Å². The van der Waals surface area contributed by atoms with E-state index in [2.05, 4.69) is 4.98 Å². The summed E-state index contributed by atoms with van der Waals surface area (Å²) in [6.45, 7) is 2.51. The molecule has 146 valence electrons. The number of likely N-dealkylation sites (tertiary alicyclic amines) is 1. The second-order valence-electron chi connectivity index (χ2n) is 6.91. The highest BCUT2D eigenvalue weighted by Crippen LogP contribution is 2.36. The van der Waals surface area contributed by atoms with Crippen LogP contribution in [0.1, 0.15) is 43.7 Å². The van der Waals surface area contributed by atoms with Gasteiger partial charge in [-0.2, -0.15) is 13.2 Å². The number of benzene rings is 2. The summed E-state index contributed by atoms with van der Waals surface area (Å²) in [5, 5.41) is 0. The molecule has 1 amide bonds. The molecule has 4 rings (SSSR count). The van der Waals surface area contributed by atoms with Crippen LogP contribution >= 0.6 is 0 Å². The van der Waals surface area contributed by atoms with E-state index < -0.39 is 11.7 Å². The Labute approximate surface area is 160 Å². The van der Waals surface area contributed by atoms with Gasteiger partial charge in [0.25, 0.3) is 0 Å². The van der Waals surface area contributed by atoms with Crippen LogP contribution in [0.3, 0.4) is 0 Å². The van der Waals surface area contributed by atoms with Crippen molar-refractivity contribution in [3.63, 3.8) is 0 Å². The van der Waals surface area contributed by atoms with Crippen molar-refractivity contribution in [3.05, 3.63) is 53.9 Å². The Morgan fingerprint density at radius 2 is 2.00 bits per heavy atom. The number of rotatable bonds is 3. The first-order valence-electron chi connectivity index (χ1n) is 9.24. The van der Waals surface area contributed by atoms with Gasteiger partial charge in [-0.3, -0.25) is 4.79 Å². The van der Waals surface area contributed by atoms with Gasteiger partial charge in [-0.15, -0.1) is 0 Å². The number of halogens is 3. The fourth-order valence-electron chi connectivity index (χ4n) is 3.67. The molecule has 1 aliphatic heterocycles. The molecule has 28 heavy (non-hydrogen) atoms. The van der Waals surface area contributed by atoms with Crippen LogP contribution in [0.25, 0.3) is 22.2 Å². The van der Waals surface area contributed by atoms with Gasteiger partial charge in [0, 0.05) is 13.0 Å². The van der Waals surface area contributed by atoms with Crippen molar-refractivity contribution >= 4 is 17.0 Å². The van der Waals surface area contributed by atoms with Crippen LogP contribution in [0.4, 0.5) is 13.2 Å². The van der Waals surface area contributed by atoms with Gasteiger partial charge in [-0.25, -0.2) is 4.98 Å². The number of oxazole rings is 1. The Morgan fingerprint density at radius 1 is 1.21 bits per heavy atom. The molecule has 0 spiro atoms. The van der Waals surface area contributed by atoms with E-state index in [1.54, 1.807) is 29.2 Å². The lowest BCUT2D eigenvalue weighted by atomic mass is 10.0. The molecule has 0 bridgehead atoms. The van der Waals surface area contributed by atoms with Gasteiger partial charge in [0.05, 0.1) is 5.56 Å². The third-order valence-electron chi connectivity index (χ3n) is 5.09. The SMILES string of the molecule is CCC(=O)N1CCCC1c1nc2cc(-c3cccc(C(F)(F)F)c3)ccc2o1. The Hall–Kier alpha value is -2.83. The standard InChI is InChI=1S/C21H19F3N2O2/c1-2-19(27)26-10-4-7-17(26)20-25-16-12-14(8-9-18(16)28-20)13-5-3-6-15(11-13)21(22,23)24/h3,5-6,8-9,11-12,17H,2,4,7,10H2,1H3. The van der Waals surface area contributed by atoms with E-state index in [0.29, 0.717) is 41.1 Å². The van der Waals surface area contributed by atoms with Crippen LogP contribution in [-0.4, -0.2) is 22.3 Å². The van der Waals surface area contributed by atoms with Gasteiger partial charge < -0.3 is 9.32 Å². The van der Waals surface area contributed by atoms with Crippen molar-refractivity contribution in [3.8, 4) is 11.1 Å². The molecule has 1 aromatic heterocycles. The topological polar surface area (TPSA) is 46.3 Å². The normalized spacial score (nSPS) is 17.4. The lowest BCUT2D eigenvalue weighted by Crippen LogP contribution is -2.29. The monoisotopic (exact) mass is 388 g/mol. The third kappa shape index (κ3) is 3.37. The largest absolute Gasteiger partial charge is 0.438 e. The van der Waals surface area contributed by atoms with Gasteiger partial charge in [0.1, 0.15) is 11.6 Å². The molecular weight excluding hydrogens is 369 g/mol. The molecule has 1 atom stereocenters. The van der Waals surface area contributed by atoms with Crippen LogP contribution in [0.5, 0.6) is 0 Å². The van der Waals surface area contributed by atoms with Crippen molar-refractivity contribution in [2.75, 3.05) is 6.54 Å². The van der Waals surface area contributed by atoms with E-state index in [-0.39, 0.29) is 11.9 Å². The number of carbonyl (C=O) groups excluding carboxylic acids is 1. The van der Waals surface area contributed by atoms with E-state index in [1.165, 1.54) is 6.07 Å². The Bertz CT molecular complexity index is 1030. The van der Waals surface area contributed by atoms with Crippen molar-refractivity contribution in [2.45, 2.75) is 38.4 Å². The second kappa shape index (κ2) is 6.96. The summed E-state index contributed by atoms with van der Waals surface area (Å²) < 4.78 is 44.8. The van der Waals surface area contributed by atoms with Crippen molar-refractivity contribution in [1.82, 2.24) is 9.88 Å².